The molecule has 12 nitrogen and oxygen atoms in total. The van der Waals surface area contributed by atoms with Crippen molar-refractivity contribution in [1.29, 1.82) is 0 Å². The first-order chi connectivity index (χ1) is 11.7. The monoisotopic (exact) mass is 372 g/mol. The minimum atomic E-state index is -1.83. The van der Waals surface area contributed by atoms with Crippen molar-refractivity contribution in [3.05, 3.63) is 0 Å². The minimum absolute atomic E-state index is 0.680. The highest BCUT2D eigenvalue weighted by Gasteiger charge is 2.51. The zero-order valence-electron chi connectivity index (χ0n) is 13.0. The molecule has 0 amide bonds. The molecule has 0 aromatic rings. The van der Waals surface area contributed by atoms with Crippen molar-refractivity contribution in [2.24, 2.45) is 0 Å². The highest BCUT2D eigenvalue weighted by molar-refractivity contribution is 4.94. The Labute approximate surface area is 142 Å². The molecule has 0 radical (unpaired) electrons. The van der Waals surface area contributed by atoms with Crippen molar-refractivity contribution in [2.75, 3.05) is 13.2 Å². The van der Waals surface area contributed by atoms with E-state index in [4.69, 9.17) is 24.4 Å². The van der Waals surface area contributed by atoms with E-state index in [1.165, 1.54) is 0 Å². The number of ether oxygens (including phenoxy) is 3. The lowest BCUT2D eigenvalue weighted by Crippen LogP contribution is -2.65. The second-order valence-electron chi connectivity index (χ2n) is 6.02. The first-order valence-corrected chi connectivity index (χ1v) is 7.67. The van der Waals surface area contributed by atoms with Crippen molar-refractivity contribution in [3.63, 3.8) is 0 Å². The fourth-order valence-corrected chi connectivity index (χ4v) is 2.78. The van der Waals surface area contributed by atoms with Crippen LogP contribution in [0.3, 0.4) is 0 Å². The third-order valence-corrected chi connectivity index (χ3v) is 4.31. The summed E-state index contributed by atoms with van der Waals surface area (Å²) in [6.07, 6.45) is -18.3. The van der Waals surface area contributed by atoms with Crippen LogP contribution in [-0.2, 0) is 14.2 Å². The van der Waals surface area contributed by atoms with E-state index in [0.29, 0.717) is 0 Å². The van der Waals surface area contributed by atoms with Crippen LogP contribution >= 0.6 is 0 Å². The van der Waals surface area contributed by atoms with Gasteiger partial charge in [0, 0.05) is 0 Å². The molecule has 0 spiro atoms. The molecule has 0 aromatic heterocycles. The van der Waals surface area contributed by atoms with E-state index < -0.39 is 80.7 Å². The molecule has 2 fully saturated rings. The van der Waals surface area contributed by atoms with Crippen molar-refractivity contribution in [3.8, 4) is 0 Å². The topological polar surface area (TPSA) is 210 Å². The smallest absolute Gasteiger partial charge is 0.187 e. The summed E-state index contributed by atoms with van der Waals surface area (Å²) in [7, 11) is 0. The maximum atomic E-state index is 10.0. The Morgan fingerprint density at radius 3 is 2.00 bits per heavy atom. The SMILES string of the molecule is OC[C@H](O)[C@@H]1O[C@H](O[C@H]2[C@@H](O)[C@H](O)[C@@H](CO)O[C@@H]2O)[C@H](O)[C@H](O)[C@H]1O. The average molecular weight is 372 g/mol. The molecule has 148 valence electrons. The Balaban J connectivity index is 2.11. The van der Waals surface area contributed by atoms with Gasteiger partial charge in [0.25, 0.3) is 0 Å². The molecule has 2 aliphatic heterocycles. The molecule has 2 saturated heterocycles. The van der Waals surface area contributed by atoms with Crippen molar-refractivity contribution < 1.29 is 60.2 Å². The molecule has 12 heteroatoms. The summed E-state index contributed by atoms with van der Waals surface area (Å²) in [5, 5.41) is 86.8. The summed E-state index contributed by atoms with van der Waals surface area (Å²) in [4.78, 5) is 0. The lowest BCUT2D eigenvalue weighted by atomic mass is 9.95. The third kappa shape index (κ3) is 4.10. The first kappa shape index (κ1) is 20.8. The van der Waals surface area contributed by atoms with Gasteiger partial charge in [0.05, 0.1) is 13.2 Å². The highest BCUT2D eigenvalue weighted by atomic mass is 16.7. The summed E-state index contributed by atoms with van der Waals surface area (Å²) < 4.78 is 15.2. The van der Waals surface area contributed by atoms with Gasteiger partial charge in [-0.1, -0.05) is 0 Å². The summed E-state index contributed by atoms with van der Waals surface area (Å²) >= 11 is 0. The molecule has 0 unspecified atom stereocenters. The third-order valence-electron chi connectivity index (χ3n) is 4.31. The second-order valence-corrected chi connectivity index (χ2v) is 6.02. The Bertz CT molecular complexity index is 424. The van der Waals surface area contributed by atoms with E-state index in [1.807, 2.05) is 0 Å². The molecule has 0 aromatic carbocycles. The van der Waals surface area contributed by atoms with E-state index in [2.05, 4.69) is 0 Å². The molecule has 2 aliphatic rings. The van der Waals surface area contributed by atoms with Gasteiger partial charge < -0.3 is 60.2 Å². The fraction of sp³-hybridized carbons (Fsp3) is 1.00. The van der Waals surface area contributed by atoms with Gasteiger partial charge in [-0.25, -0.2) is 0 Å². The summed E-state index contributed by atoms with van der Waals surface area (Å²) in [5.41, 5.74) is 0. The Hall–Kier alpha value is -0.480. The van der Waals surface area contributed by atoms with Crippen LogP contribution in [-0.4, -0.2) is 127 Å². The zero-order chi connectivity index (χ0) is 18.9. The molecule has 11 atom stereocenters. The van der Waals surface area contributed by atoms with Gasteiger partial charge in [-0.05, 0) is 0 Å². The molecule has 2 rings (SSSR count). The van der Waals surface area contributed by atoms with Crippen molar-refractivity contribution >= 4 is 0 Å². The van der Waals surface area contributed by atoms with Crippen LogP contribution in [0.15, 0.2) is 0 Å². The normalized spacial score (nSPS) is 49.8. The van der Waals surface area contributed by atoms with Crippen LogP contribution < -0.4 is 0 Å². The number of aliphatic hydroxyl groups excluding tert-OH is 9. The second kappa shape index (κ2) is 8.47. The van der Waals surface area contributed by atoms with Gasteiger partial charge in [0.2, 0.25) is 0 Å². The largest absolute Gasteiger partial charge is 0.394 e. The summed E-state index contributed by atoms with van der Waals surface area (Å²) in [5.74, 6) is 0. The van der Waals surface area contributed by atoms with Crippen LogP contribution in [0.25, 0.3) is 0 Å². The molecule has 9 N–H and O–H groups in total. The van der Waals surface area contributed by atoms with E-state index in [1.54, 1.807) is 0 Å². The van der Waals surface area contributed by atoms with E-state index >= 15 is 0 Å². The Morgan fingerprint density at radius 1 is 0.800 bits per heavy atom. The van der Waals surface area contributed by atoms with Crippen LogP contribution in [0.5, 0.6) is 0 Å². The summed E-state index contributed by atoms with van der Waals surface area (Å²) in [6.45, 7) is -1.49. The van der Waals surface area contributed by atoms with Gasteiger partial charge >= 0.3 is 0 Å². The predicted molar refractivity (Wildman–Crippen MR) is 74.6 cm³/mol. The summed E-state index contributed by atoms with van der Waals surface area (Å²) in [6, 6.07) is 0. The molecular weight excluding hydrogens is 348 g/mol. The number of hydrogen-bond donors (Lipinski definition) is 9. The quantitative estimate of drug-likeness (QED) is 0.221. The molecular formula is C13H24O12. The molecule has 25 heavy (non-hydrogen) atoms. The Morgan fingerprint density at radius 2 is 1.44 bits per heavy atom. The minimum Gasteiger partial charge on any atom is -0.394 e. The molecule has 0 saturated carbocycles. The standard InChI is InChI=1S/C13H24O12/c14-1-3(16)10-8(20)6(18)9(21)13(24-10)25-11-7(19)5(17)4(2-15)23-12(11)22/h3-22H,1-2H2/t3-,4+,5+,6+,7-,8+,9+,10-,11-,12-,13+/m0/s1. The predicted octanol–water partition coefficient (Wildman–Crippen LogP) is -6.04. The average Bonchev–Trinajstić information content (AvgIpc) is 2.60. The first-order valence-electron chi connectivity index (χ1n) is 7.67. The van der Waals surface area contributed by atoms with Crippen LogP contribution in [0, 0.1) is 0 Å². The van der Waals surface area contributed by atoms with E-state index in [0.717, 1.165) is 0 Å². The van der Waals surface area contributed by atoms with E-state index in [-0.39, 0.29) is 0 Å². The number of rotatable bonds is 5. The van der Waals surface area contributed by atoms with E-state index in [9.17, 15) is 35.7 Å². The molecule has 0 bridgehead atoms. The lowest BCUT2D eigenvalue weighted by molar-refractivity contribution is -0.366. The lowest BCUT2D eigenvalue weighted by Gasteiger charge is -2.45. The zero-order valence-corrected chi connectivity index (χ0v) is 13.0. The van der Waals surface area contributed by atoms with Crippen LogP contribution in [0.2, 0.25) is 0 Å². The highest BCUT2D eigenvalue weighted by Crippen LogP contribution is 2.29. The van der Waals surface area contributed by atoms with Crippen LogP contribution in [0.4, 0.5) is 0 Å². The number of hydrogen-bond acceptors (Lipinski definition) is 12. The van der Waals surface area contributed by atoms with Gasteiger partial charge in [-0.15, -0.1) is 0 Å². The molecule has 2 heterocycles. The number of aliphatic hydroxyl groups is 9. The molecule has 0 aliphatic carbocycles. The maximum absolute atomic E-state index is 10.0. The van der Waals surface area contributed by atoms with Gasteiger partial charge in [0.15, 0.2) is 12.6 Å². The van der Waals surface area contributed by atoms with Gasteiger partial charge in [-0.2, -0.15) is 0 Å². The Kier molecular flexibility index (Phi) is 7.06. The fourth-order valence-electron chi connectivity index (χ4n) is 2.78. The van der Waals surface area contributed by atoms with Crippen molar-refractivity contribution in [1.82, 2.24) is 0 Å². The van der Waals surface area contributed by atoms with Crippen molar-refractivity contribution in [2.45, 2.75) is 67.5 Å². The van der Waals surface area contributed by atoms with Gasteiger partial charge in [-0.3, -0.25) is 0 Å². The maximum Gasteiger partial charge on any atom is 0.187 e. The van der Waals surface area contributed by atoms with Crippen LogP contribution in [0.1, 0.15) is 0 Å². The van der Waals surface area contributed by atoms with Gasteiger partial charge in [0.1, 0.15) is 54.9 Å².